The SMILES string of the molecule is Nc1nccc2occ(-c3ccc4c(c3F)CCN4)c12. The lowest BCUT2D eigenvalue weighted by Gasteiger charge is -2.07. The van der Waals surface area contributed by atoms with Gasteiger partial charge < -0.3 is 15.5 Å². The van der Waals surface area contributed by atoms with Gasteiger partial charge in [0.05, 0.1) is 11.6 Å². The summed E-state index contributed by atoms with van der Waals surface area (Å²) in [5.41, 5.74) is 9.26. The molecule has 0 aliphatic carbocycles. The van der Waals surface area contributed by atoms with E-state index in [1.54, 1.807) is 18.3 Å². The van der Waals surface area contributed by atoms with Gasteiger partial charge in [-0.1, -0.05) is 0 Å². The third-order valence-electron chi connectivity index (χ3n) is 3.74. The first-order chi connectivity index (χ1) is 9.75. The zero-order chi connectivity index (χ0) is 13.7. The van der Waals surface area contributed by atoms with E-state index in [9.17, 15) is 4.39 Å². The normalized spacial score (nSPS) is 13.4. The monoisotopic (exact) mass is 269 g/mol. The topological polar surface area (TPSA) is 64.1 Å². The Morgan fingerprint density at radius 3 is 3.05 bits per heavy atom. The van der Waals surface area contributed by atoms with Crippen LogP contribution >= 0.6 is 0 Å². The molecule has 1 aliphatic rings. The summed E-state index contributed by atoms with van der Waals surface area (Å²) in [4.78, 5) is 4.05. The fourth-order valence-corrected chi connectivity index (χ4v) is 2.77. The van der Waals surface area contributed by atoms with Gasteiger partial charge in [0.25, 0.3) is 0 Å². The number of furan rings is 1. The van der Waals surface area contributed by atoms with Gasteiger partial charge in [0.15, 0.2) is 0 Å². The van der Waals surface area contributed by atoms with E-state index in [4.69, 9.17) is 10.2 Å². The number of rotatable bonds is 1. The van der Waals surface area contributed by atoms with Crippen LogP contribution in [-0.2, 0) is 6.42 Å². The van der Waals surface area contributed by atoms with Crippen molar-refractivity contribution < 1.29 is 8.81 Å². The van der Waals surface area contributed by atoms with Gasteiger partial charge in [0, 0.05) is 35.1 Å². The highest BCUT2D eigenvalue weighted by Gasteiger charge is 2.21. The van der Waals surface area contributed by atoms with E-state index in [0.717, 1.165) is 17.8 Å². The highest BCUT2D eigenvalue weighted by molar-refractivity contribution is 6.00. The highest BCUT2D eigenvalue weighted by atomic mass is 19.1. The van der Waals surface area contributed by atoms with Gasteiger partial charge >= 0.3 is 0 Å². The first-order valence-electron chi connectivity index (χ1n) is 6.43. The second-order valence-corrected chi connectivity index (χ2v) is 4.85. The number of fused-ring (bicyclic) bond motifs is 2. The molecule has 0 spiro atoms. The van der Waals surface area contributed by atoms with Crippen LogP contribution in [0.1, 0.15) is 5.56 Å². The van der Waals surface area contributed by atoms with Crippen LogP contribution in [0, 0.1) is 5.82 Å². The summed E-state index contributed by atoms with van der Waals surface area (Å²) in [5, 5.41) is 3.83. The maximum atomic E-state index is 14.7. The van der Waals surface area contributed by atoms with Gasteiger partial charge in [-0.2, -0.15) is 0 Å². The molecule has 0 unspecified atom stereocenters. The van der Waals surface area contributed by atoms with E-state index < -0.39 is 0 Å². The molecule has 100 valence electrons. The summed E-state index contributed by atoms with van der Waals surface area (Å²) >= 11 is 0. The smallest absolute Gasteiger partial charge is 0.139 e. The number of nitrogen functional groups attached to an aromatic ring is 1. The molecule has 5 heteroatoms. The molecule has 20 heavy (non-hydrogen) atoms. The standard InChI is InChI=1S/C15H12FN3O/c16-14-8(1-2-11-9(14)3-5-18-11)10-7-20-12-4-6-19-15(17)13(10)12/h1-2,4,6-7,18H,3,5H2,(H2,17,19). The van der Waals surface area contributed by atoms with Gasteiger partial charge in [-0.25, -0.2) is 9.37 Å². The molecule has 3 heterocycles. The summed E-state index contributed by atoms with van der Waals surface area (Å²) in [6.45, 7) is 0.769. The van der Waals surface area contributed by atoms with Crippen LogP contribution in [0.3, 0.4) is 0 Å². The molecule has 3 N–H and O–H groups in total. The number of nitrogens with zero attached hydrogens (tertiary/aromatic N) is 1. The molecular formula is C15H12FN3O. The van der Waals surface area contributed by atoms with E-state index in [1.165, 1.54) is 6.26 Å². The van der Waals surface area contributed by atoms with Gasteiger partial charge in [-0.05, 0) is 24.6 Å². The van der Waals surface area contributed by atoms with Crippen LogP contribution in [-0.4, -0.2) is 11.5 Å². The van der Waals surface area contributed by atoms with Crippen molar-refractivity contribution in [3.8, 4) is 11.1 Å². The molecule has 1 aliphatic heterocycles. The van der Waals surface area contributed by atoms with Crippen molar-refractivity contribution in [1.82, 2.24) is 4.98 Å². The van der Waals surface area contributed by atoms with Gasteiger partial charge in [0.2, 0.25) is 0 Å². The summed E-state index contributed by atoms with van der Waals surface area (Å²) in [6.07, 6.45) is 3.81. The summed E-state index contributed by atoms with van der Waals surface area (Å²) < 4.78 is 20.1. The maximum absolute atomic E-state index is 14.7. The summed E-state index contributed by atoms with van der Waals surface area (Å²) in [7, 11) is 0. The second kappa shape index (κ2) is 3.96. The highest BCUT2D eigenvalue weighted by Crippen LogP contribution is 2.38. The Morgan fingerprint density at radius 2 is 2.15 bits per heavy atom. The number of nitrogens with one attached hydrogen (secondary N) is 1. The lowest BCUT2D eigenvalue weighted by Crippen LogP contribution is -1.93. The lowest BCUT2D eigenvalue weighted by atomic mass is 10.0. The van der Waals surface area contributed by atoms with Crippen molar-refractivity contribution in [2.24, 2.45) is 0 Å². The maximum Gasteiger partial charge on any atom is 0.139 e. The molecule has 0 bridgehead atoms. The largest absolute Gasteiger partial charge is 0.463 e. The first kappa shape index (κ1) is 11.3. The van der Waals surface area contributed by atoms with Crippen molar-refractivity contribution in [1.29, 1.82) is 0 Å². The summed E-state index contributed by atoms with van der Waals surface area (Å²) in [6, 6.07) is 5.37. The average molecular weight is 269 g/mol. The molecule has 0 amide bonds. The van der Waals surface area contributed by atoms with E-state index >= 15 is 0 Å². The molecule has 2 aromatic heterocycles. The number of benzene rings is 1. The molecule has 4 nitrogen and oxygen atoms in total. The van der Waals surface area contributed by atoms with Crippen molar-refractivity contribution >= 4 is 22.5 Å². The number of halogens is 1. The quantitative estimate of drug-likeness (QED) is 0.712. The Bertz CT molecular complexity index is 825. The average Bonchev–Trinajstić information content (AvgIpc) is 3.06. The molecule has 0 saturated carbocycles. The number of hydrogen-bond acceptors (Lipinski definition) is 4. The van der Waals surface area contributed by atoms with E-state index in [0.29, 0.717) is 34.3 Å². The zero-order valence-corrected chi connectivity index (χ0v) is 10.6. The van der Waals surface area contributed by atoms with Gasteiger partial charge in [-0.15, -0.1) is 0 Å². The molecule has 1 aromatic carbocycles. The predicted molar refractivity (Wildman–Crippen MR) is 76.0 cm³/mol. The van der Waals surface area contributed by atoms with Crippen LogP contribution in [0.4, 0.5) is 15.9 Å². The number of hydrogen-bond donors (Lipinski definition) is 2. The Hall–Kier alpha value is -2.56. The van der Waals surface area contributed by atoms with E-state index in [2.05, 4.69) is 10.3 Å². The first-order valence-corrected chi connectivity index (χ1v) is 6.43. The van der Waals surface area contributed by atoms with E-state index in [1.807, 2.05) is 6.07 Å². The fourth-order valence-electron chi connectivity index (χ4n) is 2.77. The molecule has 0 fully saturated rings. The van der Waals surface area contributed by atoms with Crippen molar-refractivity contribution in [3.63, 3.8) is 0 Å². The minimum atomic E-state index is -0.210. The van der Waals surface area contributed by atoms with E-state index in [-0.39, 0.29) is 5.82 Å². The third-order valence-corrected chi connectivity index (χ3v) is 3.74. The van der Waals surface area contributed by atoms with Crippen LogP contribution in [0.25, 0.3) is 22.1 Å². The van der Waals surface area contributed by atoms with Gasteiger partial charge in [-0.3, -0.25) is 0 Å². The van der Waals surface area contributed by atoms with Crippen molar-refractivity contribution in [3.05, 3.63) is 42.0 Å². The molecular weight excluding hydrogens is 257 g/mol. The van der Waals surface area contributed by atoms with Crippen molar-refractivity contribution in [2.45, 2.75) is 6.42 Å². The number of nitrogens with two attached hydrogens (primary N) is 1. The van der Waals surface area contributed by atoms with Gasteiger partial charge in [0.1, 0.15) is 17.2 Å². The van der Waals surface area contributed by atoms with Crippen molar-refractivity contribution in [2.75, 3.05) is 17.6 Å². The number of pyridine rings is 1. The lowest BCUT2D eigenvalue weighted by molar-refractivity contribution is 0.609. The molecule has 4 rings (SSSR count). The third kappa shape index (κ3) is 1.43. The second-order valence-electron chi connectivity index (χ2n) is 4.85. The Labute approximate surface area is 114 Å². The molecule has 0 saturated heterocycles. The van der Waals surface area contributed by atoms with Crippen LogP contribution < -0.4 is 11.1 Å². The molecule has 0 radical (unpaired) electrons. The minimum absolute atomic E-state index is 0.210. The zero-order valence-electron chi connectivity index (χ0n) is 10.6. The Morgan fingerprint density at radius 1 is 1.25 bits per heavy atom. The molecule has 3 aromatic rings. The predicted octanol–water partition coefficient (Wildman–Crippen LogP) is 3.18. The van der Waals surface area contributed by atoms with Crippen LogP contribution in [0.15, 0.2) is 35.1 Å². The minimum Gasteiger partial charge on any atom is -0.463 e. The van der Waals surface area contributed by atoms with Crippen LogP contribution in [0.2, 0.25) is 0 Å². The number of anilines is 2. The Kier molecular flexibility index (Phi) is 2.24. The Balaban J connectivity index is 2.01. The fraction of sp³-hybridized carbons (Fsp3) is 0.133. The van der Waals surface area contributed by atoms with Crippen LogP contribution in [0.5, 0.6) is 0 Å². The summed E-state index contributed by atoms with van der Waals surface area (Å²) in [5.74, 6) is 0.141. The molecule has 0 atom stereocenters. The number of aromatic nitrogens is 1.